The van der Waals surface area contributed by atoms with Crippen molar-refractivity contribution in [2.24, 2.45) is 11.8 Å². The molecule has 2 fully saturated rings. The van der Waals surface area contributed by atoms with E-state index in [1.54, 1.807) is 0 Å². The molecule has 3 unspecified atom stereocenters. The molecule has 100 valence electrons. The van der Waals surface area contributed by atoms with Crippen molar-refractivity contribution < 1.29 is 4.74 Å². The molecule has 1 saturated heterocycles. The second-order valence-corrected chi connectivity index (χ2v) is 5.44. The van der Waals surface area contributed by atoms with Crippen molar-refractivity contribution in [3.8, 4) is 0 Å². The average Bonchev–Trinajstić information content (AvgIpc) is 2.88. The monoisotopic (exact) mass is 267 g/mol. The van der Waals surface area contributed by atoms with Crippen molar-refractivity contribution in [1.29, 1.82) is 0 Å². The van der Waals surface area contributed by atoms with Gasteiger partial charge in [-0.3, -0.25) is 4.90 Å². The molecule has 1 aromatic carbocycles. The molecule has 1 saturated carbocycles. The maximum Gasteiger partial charge on any atom is 0.0508 e. The van der Waals surface area contributed by atoms with Crippen LogP contribution in [0.5, 0.6) is 0 Å². The first-order chi connectivity index (χ1) is 8.38. The van der Waals surface area contributed by atoms with E-state index in [0.717, 1.165) is 31.0 Å². The number of hydrogen-bond acceptors (Lipinski definition) is 2. The topological polar surface area (TPSA) is 12.5 Å². The Kier molecular flexibility index (Phi) is 4.66. The van der Waals surface area contributed by atoms with E-state index >= 15 is 0 Å². The van der Waals surface area contributed by atoms with E-state index in [9.17, 15) is 0 Å². The van der Waals surface area contributed by atoms with Crippen molar-refractivity contribution >= 4 is 12.4 Å². The number of piperidine rings is 1. The lowest BCUT2D eigenvalue weighted by atomic mass is 10.00. The number of fused-ring (bicyclic) bond motifs is 2. The summed E-state index contributed by atoms with van der Waals surface area (Å²) in [5.74, 6) is 1.66. The van der Waals surface area contributed by atoms with E-state index in [4.69, 9.17) is 4.74 Å². The largest absolute Gasteiger partial charge is 0.384 e. The second kappa shape index (κ2) is 6.05. The number of ether oxygens (including phenoxy) is 1. The summed E-state index contributed by atoms with van der Waals surface area (Å²) >= 11 is 0. The van der Waals surface area contributed by atoms with Gasteiger partial charge in [-0.25, -0.2) is 0 Å². The van der Waals surface area contributed by atoms with Gasteiger partial charge in [0.2, 0.25) is 0 Å². The summed E-state index contributed by atoms with van der Waals surface area (Å²) in [5, 5.41) is 0. The predicted molar refractivity (Wildman–Crippen MR) is 76.0 cm³/mol. The first-order valence-corrected chi connectivity index (χ1v) is 6.65. The van der Waals surface area contributed by atoms with Gasteiger partial charge in [0, 0.05) is 32.2 Å². The van der Waals surface area contributed by atoms with Crippen molar-refractivity contribution in [2.45, 2.75) is 25.4 Å². The summed E-state index contributed by atoms with van der Waals surface area (Å²) in [4.78, 5) is 2.66. The quantitative estimate of drug-likeness (QED) is 0.832. The SMILES string of the molecule is COCC1C2CCC1N(Cc1ccccc1)C2.Cl. The average molecular weight is 268 g/mol. The fourth-order valence-corrected chi connectivity index (χ4v) is 3.68. The second-order valence-electron chi connectivity index (χ2n) is 5.44. The Morgan fingerprint density at radius 1 is 1.22 bits per heavy atom. The molecule has 0 aromatic heterocycles. The maximum atomic E-state index is 5.38. The highest BCUT2D eigenvalue weighted by molar-refractivity contribution is 5.85. The van der Waals surface area contributed by atoms with Gasteiger partial charge >= 0.3 is 0 Å². The Bertz CT molecular complexity index is 370. The highest BCUT2D eigenvalue weighted by Crippen LogP contribution is 2.43. The highest BCUT2D eigenvalue weighted by atomic mass is 35.5. The van der Waals surface area contributed by atoms with E-state index in [1.165, 1.54) is 24.9 Å². The van der Waals surface area contributed by atoms with E-state index in [0.29, 0.717) is 0 Å². The van der Waals surface area contributed by atoms with Crippen LogP contribution in [-0.2, 0) is 11.3 Å². The van der Waals surface area contributed by atoms with Crippen LogP contribution in [-0.4, -0.2) is 31.2 Å². The number of methoxy groups -OCH3 is 1. The predicted octanol–water partition coefficient (Wildman–Crippen LogP) is 2.97. The molecule has 3 heteroatoms. The molecule has 0 radical (unpaired) electrons. The molecule has 1 heterocycles. The number of hydrogen-bond donors (Lipinski definition) is 0. The zero-order valence-corrected chi connectivity index (χ0v) is 11.7. The minimum atomic E-state index is 0. The molecular formula is C15H22ClNO. The molecule has 1 aromatic rings. The Balaban J connectivity index is 0.00000120. The lowest BCUT2D eigenvalue weighted by Gasteiger charge is -2.27. The van der Waals surface area contributed by atoms with Crippen LogP contribution in [0.3, 0.4) is 0 Å². The summed E-state index contributed by atoms with van der Waals surface area (Å²) in [6, 6.07) is 11.6. The Morgan fingerprint density at radius 3 is 2.72 bits per heavy atom. The molecule has 0 N–H and O–H groups in total. The normalized spacial score (nSPS) is 30.4. The fraction of sp³-hybridized carbons (Fsp3) is 0.600. The molecule has 3 rings (SSSR count). The fourth-order valence-electron chi connectivity index (χ4n) is 3.68. The molecule has 0 amide bonds. The van der Waals surface area contributed by atoms with Crippen molar-refractivity contribution in [1.82, 2.24) is 4.90 Å². The summed E-state index contributed by atoms with van der Waals surface area (Å²) in [7, 11) is 1.83. The number of rotatable bonds is 4. The highest BCUT2D eigenvalue weighted by Gasteiger charge is 2.46. The summed E-state index contributed by atoms with van der Waals surface area (Å²) in [6.45, 7) is 3.33. The minimum Gasteiger partial charge on any atom is -0.384 e. The molecule has 0 spiro atoms. The zero-order valence-electron chi connectivity index (χ0n) is 10.9. The van der Waals surface area contributed by atoms with E-state index in [2.05, 4.69) is 35.2 Å². The van der Waals surface area contributed by atoms with Gasteiger partial charge in [0.25, 0.3) is 0 Å². The first kappa shape index (κ1) is 13.9. The van der Waals surface area contributed by atoms with Gasteiger partial charge in [0.1, 0.15) is 0 Å². The van der Waals surface area contributed by atoms with Crippen LogP contribution in [0.25, 0.3) is 0 Å². The van der Waals surface area contributed by atoms with E-state index in [-0.39, 0.29) is 12.4 Å². The molecule has 2 aliphatic rings. The number of likely N-dealkylation sites (tertiary alicyclic amines) is 1. The molecule has 1 aliphatic heterocycles. The lowest BCUT2D eigenvalue weighted by molar-refractivity contribution is 0.126. The smallest absolute Gasteiger partial charge is 0.0508 e. The molecular weight excluding hydrogens is 246 g/mol. The maximum absolute atomic E-state index is 5.38. The van der Waals surface area contributed by atoms with Crippen molar-refractivity contribution in [2.75, 3.05) is 20.3 Å². The van der Waals surface area contributed by atoms with Crippen LogP contribution in [0, 0.1) is 11.8 Å². The molecule has 1 aliphatic carbocycles. The third-order valence-electron chi connectivity index (χ3n) is 4.46. The Hall–Kier alpha value is -0.570. The molecule has 18 heavy (non-hydrogen) atoms. The van der Waals surface area contributed by atoms with Gasteiger partial charge < -0.3 is 4.74 Å². The van der Waals surface area contributed by atoms with Crippen molar-refractivity contribution in [3.63, 3.8) is 0 Å². The van der Waals surface area contributed by atoms with Gasteiger partial charge in [0.15, 0.2) is 0 Å². The lowest BCUT2D eigenvalue weighted by Crippen LogP contribution is -2.33. The Morgan fingerprint density at radius 2 is 2.00 bits per heavy atom. The third-order valence-corrected chi connectivity index (χ3v) is 4.46. The van der Waals surface area contributed by atoms with E-state index in [1.807, 2.05) is 7.11 Å². The zero-order chi connectivity index (χ0) is 11.7. The van der Waals surface area contributed by atoms with Gasteiger partial charge in [-0.1, -0.05) is 30.3 Å². The van der Waals surface area contributed by atoms with E-state index < -0.39 is 0 Å². The van der Waals surface area contributed by atoms with Gasteiger partial charge in [-0.05, 0) is 24.3 Å². The van der Waals surface area contributed by atoms with Crippen LogP contribution in [0.15, 0.2) is 30.3 Å². The van der Waals surface area contributed by atoms with Crippen LogP contribution >= 0.6 is 12.4 Å². The molecule has 3 atom stereocenters. The number of nitrogens with zero attached hydrogens (tertiary/aromatic N) is 1. The van der Waals surface area contributed by atoms with Gasteiger partial charge in [0.05, 0.1) is 6.61 Å². The summed E-state index contributed by atoms with van der Waals surface area (Å²) < 4.78 is 5.38. The summed E-state index contributed by atoms with van der Waals surface area (Å²) in [5.41, 5.74) is 1.44. The van der Waals surface area contributed by atoms with Gasteiger partial charge in [-0.15, -0.1) is 12.4 Å². The molecule has 2 nitrogen and oxygen atoms in total. The number of benzene rings is 1. The van der Waals surface area contributed by atoms with Gasteiger partial charge in [-0.2, -0.15) is 0 Å². The van der Waals surface area contributed by atoms with Crippen molar-refractivity contribution in [3.05, 3.63) is 35.9 Å². The van der Waals surface area contributed by atoms with Crippen LogP contribution in [0.4, 0.5) is 0 Å². The van der Waals surface area contributed by atoms with Crippen LogP contribution in [0.1, 0.15) is 18.4 Å². The minimum absolute atomic E-state index is 0. The van der Waals surface area contributed by atoms with Crippen LogP contribution < -0.4 is 0 Å². The Labute approximate surface area is 116 Å². The first-order valence-electron chi connectivity index (χ1n) is 6.65. The number of halogens is 1. The summed E-state index contributed by atoms with van der Waals surface area (Å²) in [6.07, 6.45) is 2.77. The molecule has 2 bridgehead atoms. The standard InChI is InChI=1S/C15H21NO.ClH/c1-17-11-14-13-7-8-15(14)16(10-13)9-12-5-3-2-4-6-12;/h2-6,13-15H,7-11H2,1H3;1H. The third kappa shape index (κ3) is 2.56. The van der Waals surface area contributed by atoms with Crippen LogP contribution in [0.2, 0.25) is 0 Å².